The van der Waals surface area contributed by atoms with Crippen molar-refractivity contribution in [2.45, 2.75) is 12.5 Å². The lowest BCUT2D eigenvalue weighted by molar-refractivity contribution is 0.0849. The van der Waals surface area contributed by atoms with Crippen LogP contribution in [-0.4, -0.2) is 21.1 Å². The molecule has 0 amide bonds. The van der Waals surface area contributed by atoms with E-state index in [1.165, 1.54) is 30.3 Å². The summed E-state index contributed by atoms with van der Waals surface area (Å²) in [6, 6.07) is 8.68. The average Bonchev–Trinajstić information content (AvgIpc) is 2.42. The Morgan fingerprint density at radius 1 is 1.00 bits per heavy atom. The smallest absolute Gasteiger partial charge is 0.170 e. The average molecular weight is 272 g/mol. The zero-order chi connectivity index (χ0) is 14.3. The molecule has 0 spiro atoms. The van der Waals surface area contributed by atoms with Crippen molar-refractivity contribution in [2.24, 2.45) is 0 Å². The summed E-state index contributed by atoms with van der Waals surface area (Å²) in [6.45, 7) is 0. The Morgan fingerprint density at radius 2 is 1.80 bits per heavy atom. The van der Waals surface area contributed by atoms with Gasteiger partial charge in [-0.3, -0.25) is 4.79 Å². The van der Waals surface area contributed by atoms with Crippen LogP contribution in [0.5, 0.6) is 23.0 Å². The van der Waals surface area contributed by atoms with E-state index in [4.69, 9.17) is 4.74 Å². The fourth-order valence-corrected chi connectivity index (χ4v) is 2.24. The highest BCUT2D eigenvalue weighted by atomic mass is 16.5. The minimum absolute atomic E-state index is 0.0152. The van der Waals surface area contributed by atoms with Crippen molar-refractivity contribution < 1.29 is 24.9 Å². The number of carbonyl (C=O) groups is 1. The Morgan fingerprint density at radius 3 is 2.55 bits per heavy atom. The molecular weight excluding hydrogens is 260 g/mol. The SMILES string of the molecule is O=C1C[C@H](c2ccc(O)c(O)c2)Oc2ccc(O)cc21. The molecule has 1 heterocycles. The van der Waals surface area contributed by atoms with Gasteiger partial charge in [-0.2, -0.15) is 0 Å². The van der Waals surface area contributed by atoms with Crippen molar-refractivity contribution in [2.75, 3.05) is 0 Å². The monoisotopic (exact) mass is 272 g/mol. The Balaban J connectivity index is 1.97. The molecule has 2 aromatic rings. The van der Waals surface area contributed by atoms with Crippen molar-refractivity contribution in [3.8, 4) is 23.0 Å². The van der Waals surface area contributed by atoms with Crippen LogP contribution in [0, 0.1) is 0 Å². The molecule has 3 N–H and O–H groups in total. The van der Waals surface area contributed by atoms with E-state index in [1.54, 1.807) is 6.07 Å². The van der Waals surface area contributed by atoms with Crippen molar-refractivity contribution in [3.63, 3.8) is 0 Å². The maximum atomic E-state index is 12.1. The molecule has 0 aliphatic carbocycles. The Labute approximate surface area is 114 Å². The van der Waals surface area contributed by atoms with Crippen LogP contribution in [0.2, 0.25) is 0 Å². The van der Waals surface area contributed by atoms with Crippen LogP contribution >= 0.6 is 0 Å². The molecule has 5 heteroatoms. The number of hydrogen-bond acceptors (Lipinski definition) is 5. The van der Waals surface area contributed by atoms with Gasteiger partial charge in [0, 0.05) is 0 Å². The molecule has 102 valence electrons. The van der Waals surface area contributed by atoms with Gasteiger partial charge in [0.05, 0.1) is 12.0 Å². The molecule has 0 fully saturated rings. The third-order valence-corrected chi connectivity index (χ3v) is 3.27. The van der Waals surface area contributed by atoms with E-state index in [-0.39, 0.29) is 29.5 Å². The highest BCUT2D eigenvalue weighted by Gasteiger charge is 2.28. The number of carbonyl (C=O) groups excluding carboxylic acids is 1. The van der Waals surface area contributed by atoms with Crippen LogP contribution in [0.4, 0.5) is 0 Å². The van der Waals surface area contributed by atoms with Gasteiger partial charge < -0.3 is 20.1 Å². The van der Waals surface area contributed by atoms with E-state index in [0.29, 0.717) is 16.9 Å². The molecule has 1 aliphatic rings. The van der Waals surface area contributed by atoms with E-state index >= 15 is 0 Å². The van der Waals surface area contributed by atoms with Crippen LogP contribution < -0.4 is 4.74 Å². The third-order valence-electron chi connectivity index (χ3n) is 3.27. The van der Waals surface area contributed by atoms with Gasteiger partial charge in [-0.25, -0.2) is 0 Å². The van der Waals surface area contributed by atoms with Gasteiger partial charge in [0.2, 0.25) is 0 Å². The van der Waals surface area contributed by atoms with E-state index in [1.807, 2.05) is 0 Å². The second-order valence-electron chi connectivity index (χ2n) is 4.66. The van der Waals surface area contributed by atoms with Crippen molar-refractivity contribution in [3.05, 3.63) is 47.5 Å². The standard InChI is InChI=1S/C15H12O5/c16-9-2-4-14-10(6-9)12(18)7-15(20-14)8-1-3-11(17)13(19)5-8/h1-6,15-17,19H,7H2/t15-/m1/s1. The molecule has 5 nitrogen and oxygen atoms in total. The van der Waals surface area contributed by atoms with E-state index in [0.717, 1.165) is 0 Å². The quantitative estimate of drug-likeness (QED) is 0.694. The zero-order valence-electron chi connectivity index (χ0n) is 10.4. The van der Waals surface area contributed by atoms with Gasteiger partial charge >= 0.3 is 0 Å². The van der Waals surface area contributed by atoms with E-state index < -0.39 is 6.10 Å². The summed E-state index contributed by atoms with van der Waals surface area (Å²) in [7, 11) is 0. The highest BCUT2D eigenvalue weighted by Crippen LogP contribution is 2.38. The van der Waals surface area contributed by atoms with Crippen molar-refractivity contribution in [1.82, 2.24) is 0 Å². The lowest BCUT2D eigenvalue weighted by Gasteiger charge is -2.25. The lowest BCUT2D eigenvalue weighted by atomic mass is 9.96. The number of rotatable bonds is 1. The zero-order valence-corrected chi connectivity index (χ0v) is 10.4. The number of benzene rings is 2. The van der Waals surface area contributed by atoms with Gasteiger partial charge in [0.1, 0.15) is 17.6 Å². The summed E-state index contributed by atoms with van der Waals surface area (Å²) in [5.41, 5.74) is 0.955. The largest absolute Gasteiger partial charge is 0.508 e. The second kappa shape index (κ2) is 4.45. The minimum atomic E-state index is -0.522. The first kappa shape index (κ1) is 12.3. The van der Waals surface area contributed by atoms with Gasteiger partial charge in [-0.05, 0) is 35.9 Å². The van der Waals surface area contributed by atoms with Crippen LogP contribution in [-0.2, 0) is 0 Å². The normalized spacial score (nSPS) is 17.4. The maximum Gasteiger partial charge on any atom is 0.170 e. The predicted octanol–water partition coefficient (Wildman–Crippen LogP) is 2.51. The van der Waals surface area contributed by atoms with Gasteiger partial charge in [-0.1, -0.05) is 6.07 Å². The fourth-order valence-electron chi connectivity index (χ4n) is 2.24. The number of phenolic OH excluding ortho intramolecular Hbond substituents is 3. The molecule has 1 aliphatic heterocycles. The summed E-state index contributed by atoms with van der Waals surface area (Å²) in [5.74, 6) is -0.200. The molecule has 0 bridgehead atoms. The van der Waals surface area contributed by atoms with E-state index in [2.05, 4.69) is 0 Å². The minimum Gasteiger partial charge on any atom is -0.508 e. The summed E-state index contributed by atoms with van der Waals surface area (Å²) in [6.07, 6.45) is -0.410. The van der Waals surface area contributed by atoms with Gasteiger partial charge in [0.15, 0.2) is 17.3 Å². The molecule has 0 saturated carbocycles. The first-order valence-electron chi connectivity index (χ1n) is 6.09. The summed E-state index contributed by atoms with van der Waals surface area (Å²) < 4.78 is 5.71. The number of phenols is 3. The highest BCUT2D eigenvalue weighted by molar-refractivity contribution is 6.00. The summed E-state index contributed by atoms with van der Waals surface area (Å²) in [5, 5.41) is 28.2. The van der Waals surface area contributed by atoms with Crippen LogP contribution in [0.1, 0.15) is 28.4 Å². The lowest BCUT2D eigenvalue weighted by Crippen LogP contribution is -2.20. The maximum absolute atomic E-state index is 12.1. The van der Waals surface area contributed by atoms with Crippen LogP contribution in [0.25, 0.3) is 0 Å². The topological polar surface area (TPSA) is 87.0 Å². The van der Waals surface area contributed by atoms with Crippen LogP contribution in [0.15, 0.2) is 36.4 Å². The predicted molar refractivity (Wildman–Crippen MR) is 70.2 cm³/mol. The van der Waals surface area contributed by atoms with E-state index in [9.17, 15) is 20.1 Å². The summed E-state index contributed by atoms with van der Waals surface area (Å²) in [4.78, 5) is 12.1. The molecule has 20 heavy (non-hydrogen) atoms. The number of Topliss-reactive ketones (excluding diaryl/α,β-unsaturated/α-hetero) is 1. The first-order chi connectivity index (χ1) is 9.54. The second-order valence-corrected chi connectivity index (χ2v) is 4.66. The molecule has 0 aromatic heterocycles. The fraction of sp³-hybridized carbons (Fsp3) is 0.133. The number of ether oxygens (including phenoxy) is 1. The van der Waals surface area contributed by atoms with Crippen molar-refractivity contribution in [1.29, 1.82) is 0 Å². The van der Waals surface area contributed by atoms with Crippen molar-refractivity contribution >= 4 is 5.78 Å². The number of hydrogen-bond donors (Lipinski definition) is 3. The van der Waals surface area contributed by atoms with Crippen LogP contribution in [0.3, 0.4) is 0 Å². The first-order valence-corrected chi connectivity index (χ1v) is 6.09. The molecule has 1 atom stereocenters. The van der Waals surface area contributed by atoms with Gasteiger partial charge in [-0.15, -0.1) is 0 Å². The number of fused-ring (bicyclic) bond motifs is 1. The Hall–Kier alpha value is -2.69. The molecule has 0 saturated heterocycles. The number of aromatic hydroxyl groups is 3. The Bertz CT molecular complexity index is 693. The molecule has 3 rings (SSSR count). The third kappa shape index (κ3) is 2.03. The van der Waals surface area contributed by atoms with Gasteiger partial charge in [0.25, 0.3) is 0 Å². The summed E-state index contributed by atoms with van der Waals surface area (Å²) >= 11 is 0. The Kier molecular flexibility index (Phi) is 2.75. The molecule has 0 unspecified atom stereocenters. The number of ketones is 1. The molecule has 0 radical (unpaired) electrons. The molecular formula is C15H12O5. The molecule has 2 aromatic carbocycles.